The van der Waals surface area contributed by atoms with Gasteiger partial charge in [-0.25, -0.2) is 0 Å². The van der Waals surface area contributed by atoms with Crippen LogP contribution in [0.3, 0.4) is 0 Å². The Hall–Kier alpha value is -2.08. The molecular formula is C20H20Cl2N2O3. The van der Waals surface area contributed by atoms with Crippen molar-refractivity contribution < 1.29 is 14.7 Å². The highest BCUT2D eigenvalue weighted by Crippen LogP contribution is 2.24. The van der Waals surface area contributed by atoms with Crippen LogP contribution in [-0.4, -0.2) is 41.0 Å². The topological polar surface area (TPSA) is 69.6 Å². The molecule has 27 heavy (non-hydrogen) atoms. The number of hydrogen-bond acceptors (Lipinski definition) is 3. The lowest BCUT2D eigenvalue weighted by molar-refractivity contribution is -0.125. The minimum Gasteiger partial charge on any atom is -0.387 e. The first-order valence-corrected chi connectivity index (χ1v) is 9.49. The monoisotopic (exact) mass is 406 g/mol. The number of amides is 2. The smallest absolute Gasteiger partial charge is 0.254 e. The molecule has 2 N–H and O–H groups in total. The van der Waals surface area contributed by atoms with Gasteiger partial charge in [-0.05, 0) is 36.6 Å². The molecule has 2 atom stereocenters. The molecule has 1 saturated heterocycles. The first-order valence-electron chi connectivity index (χ1n) is 8.73. The standard InChI is InChI=1S/C20H20Cl2N2O3/c21-15-9-14(10-16(22)11-15)20(27)24-8-4-7-17(24)19(26)23-12-18(25)13-5-2-1-3-6-13/h1-3,5-6,9-11,17-18,25H,4,7-8,12H2,(H,23,26). The first-order chi connectivity index (χ1) is 13.0. The van der Waals surface area contributed by atoms with Crippen LogP contribution in [0.5, 0.6) is 0 Å². The van der Waals surface area contributed by atoms with Gasteiger partial charge in [-0.1, -0.05) is 53.5 Å². The molecule has 2 aromatic carbocycles. The van der Waals surface area contributed by atoms with E-state index in [4.69, 9.17) is 23.2 Å². The molecule has 2 amide bonds. The Labute approximate surface area is 167 Å². The molecule has 0 aliphatic carbocycles. The number of rotatable bonds is 5. The SMILES string of the molecule is O=C(NCC(O)c1ccccc1)C1CCCN1C(=O)c1cc(Cl)cc(Cl)c1. The number of carbonyl (C=O) groups excluding carboxylic acids is 2. The van der Waals surface area contributed by atoms with Crippen LogP contribution in [0.15, 0.2) is 48.5 Å². The van der Waals surface area contributed by atoms with Gasteiger partial charge in [0, 0.05) is 28.7 Å². The fourth-order valence-corrected chi connectivity index (χ4v) is 3.76. The summed E-state index contributed by atoms with van der Waals surface area (Å²) in [4.78, 5) is 26.9. The molecule has 5 nitrogen and oxygen atoms in total. The highest BCUT2D eigenvalue weighted by Gasteiger charge is 2.34. The molecule has 7 heteroatoms. The van der Waals surface area contributed by atoms with Crippen LogP contribution in [0.4, 0.5) is 0 Å². The summed E-state index contributed by atoms with van der Waals surface area (Å²) in [6.45, 7) is 0.576. The molecule has 3 rings (SSSR count). The predicted octanol–water partition coefficient (Wildman–Crippen LogP) is 3.45. The first kappa shape index (κ1) is 19.7. The summed E-state index contributed by atoms with van der Waals surface area (Å²) in [6, 6.07) is 13.2. The third-order valence-electron chi connectivity index (χ3n) is 4.58. The maximum absolute atomic E-state index is 12.8. The molecule has 2 unspecified atom stereocenters. The number of halogens is 2. The Bertz CT molecular complexity index is 809. The molecule has 142 valence electrons. The van der Waals surface area contributed by atoms with E-state index in [1.54, 1.807) is 30.3 Å². The largest absolute Gasteiger partial charge is 0.387 e. The molecule has 2 aromatic rings. The second-order valence-corrected chi connectivity index (χ2v) is 7.36. The highest BCUT2D eigenvalue weighted by molar-refractivity contribution is 6.35. The summed E-state index contributed by atoms with van der Waals surface area (Å²) in [5.41, 5.74) is 1.09. The van der Waals surface area contributed by atoms with Crippen molar-refractivity contribution in [1.29, 1.82) is 0 Å². The van der Waals surface area contributed by atoms with E-state index in [0.29, 0.717) is 28.6 Å². The number of aliphatic hydroxyl groups is 1. The van der Waals surface area contributed by atoms with Gasteiger partial charge in [-0.2, -0.15) is 0 Å². The zero-order valence-electron chi connectivity index (χ0n) is 14.6. The fraction of sp³-hybridized carbons (Fsp3) is 0.300. The van der Waals surface area contributed by atoms with Gasteiger partial charge >= 0.3 is 0 Å². The number of benzene rings is 2. The number of hydrogen-bond donors (Lipinski definition) is 2. The molecule has 0 spiro atoms. The molecule has 1 heterocycles. The van der Waals surface area contributed by atoms with Gasteiger partial charge in [-0.15, -0.1) is 0 Å². The van der Waals surface area contributed by atoms with Crippen molar-refractivity contribution in [3.8, 4) is 0 Å². The molecule has 0 radical (unpaired) electrons. The minimum atomic E-state index is -0.799. The Morgan fingerprint density at radius 1 is 1.15 bits per heavy atom. The number of nitrogens with one attached hydrogen (secondary N) is 1. The summed E-state index contributed by atoms with van der Waals surface area (Å²) in [5.74, 6) is -0.551. The highest BCUT2D eigenvalue weighted by atomic mass is 35.5. The van der Waals surface area contributed by atoms with Gasteiger partial charge in [0.2, 0.25) is 5.91 Å². The lowest BCUT2D eigenvalue weighted by atomic mass is 10.1. The van der Waals surface area contributed by atoms with Crippen LogP contribution >= 0.6 is 23.2 Å². The van der Waals surface area contributed by atoms with Gasteiger partial charge in [0.05, 0.1) is 6.10 Å². The average molecular weight is 407 g/mol. The molecule has 1 aliphatic heterocycles. The zero-order valence-corrected chi connectivity index (χ0v) is 16.1. The summed E-state index contributed by atoms with van der Waals surface area (Å²) in [6.07, 6.45) is 0.514. The third-order valence-corrected chi connectivity index (χ3v) is 5.02. The fourth-order valence-electron chi connectivity index (χ4n) is 3.23. The van der Waals surface area contributed by atoms with Crippen molar-refractivity contribution in [2.45, 2.75) is 25.0 Å². The van der Waals surface area contributed by atoms with Gasteiger partial charge in [0.25, 0.3) is 5.91 Å². The second-order valence-electron chi connectivity index (χ2n) is 6.49. The van der Waals surface area contributed by atoms with Crippen LogP contribution < -0.4 is 5.32 Å². The Balaban J connectivity index is 1.64. The molecule has 1 aliphatic rings. The molecular weight excluding hydrogens is 387 g/mol. The average Bonchev–Trinajstić information content (AvgIpc) is 3.15. The lowest BCUT2D eigenvalue weighted by Crippen LogP contribution is -2.46. The molecule has 0 aromatic heterocycles. The summed E-state index contributed by atoms with van der Waals surface area (Å²) in [5, 5.41) is 13.7. The van der Waals surface area contributed by atoms with Crippen LogP contribution in [0.1, 0.15) is 34.9 Å². The van der Waals surface area contributed by atoms with Crippen molar-refractivity contribution in [2.75, 3.05) is 13.1 Å². The zero-order chi connectivity index (χ0) is 19.4. The Kier molecular flexibility index (Phi) is 6.37. The van der Waals surface area contributed by atoms with Crippen LogP contribution in [-0.2, 0) is 4.79 Å². The van der Waals surface area contributed by atoms with Gasteiger partial charge in [0.15, 0.2) is 0 Å². The van der Waals surface area contributed by atoms with E-state index in [1.165, 1.54) is 4.90 Å². The van der Waals surface area contributed by atoms with Crippen molar-refractivity contribution >= 4 is 35.0 Å². The van der Waals surface area contributed by atoms with E-state index in [2.05, 4.69) is 5.32 Å². The maximum atomic E-state index is 12.8. The lowest BCUT2D eigenvalue weighted by Gasteiger charge is -2.25. The van der Waals surface area contributed by atoms with Gasteiger partial charge in [-0.3, -0.25) is 9.59 Å². The number of aliphatic hydroxyl groups excluding tert-OH is 1. The van der Waals surface area contributed by atoms with Crippen molar-refractivity contribution in [1.82, 2.24) is 10.2 Å². The predicted molar refractivity (Wildman–Crippen MR) is 105 cm³/mol. The van der Waals surface area contributed by atoms with Crippen molar-refractivity contribution in [3.63, 3.8) is 0 Å². The maximum Gasteiger partial charge on any atom is 0.254 e. The third kappa shape index (κ3) is 4.80. The van der Waals surface area contributed by atoms with E-state index in [1.807, 2.05) is 18.2 Å². The van der Waals surface area contributed by atoms with E-state index in [0.717, 1.165) is 12.0 Å². The Morgan fingerprint density at radius 3 is 2.48 bits per heavy atom. The van der Waals surface area contributed by atoms with E-state index in [9.17, 15) is 14.7 Å². The second kappa shape index (κ2) is 8.74. The Morgan fingerprint density at radius 2 is 1.81 bits per heavy atom. The van der Waals surface area contributed by atoms with Crippen molar-refractivity contribution in [2.24, 2.45) is 0 Å². The molecule has 1 fully saturated rings. The summed E-state index contributed by atoms with van der Waals surface area (Å²) >= 11 is 12.0. The number of carbonyl (C=O) groups is 2. The normalized spacial score (nSPS) is 17.6. The van der Waals surface area contributed by atoms with E-state index < -0.39 is 12.1 Å². The summed E-state index contributed by atoms with van der Waals surface area (Å²) in [7, 11) is 0. The van der Waals surface area contributed by atoms with E-state index in [-0.39, 0.29) is 18.4 Å². The quantitative estimate of drug-likeness (QED) is 0.798. The molecule has 0 bridgehead atoms. The van der Waals surface area contributed by atoms with Crippen molar-refractivity contribution in [3.05, 3.63) is 69.7 Å². The van der Waals surface area contributed by atoms with Crippen LogP contribution in [0.2, 0.25) is 10.0 Å². The minimum absolute atomic E-state index is 0.0877. The van der Waals surface area contributed by atoms with Crippen LogP contribution in [0.25, 0.3) is 0 Å². The van der Waals surface area contributed by atoms with Crippen LogP contribution in [0, 0.1) is 0 Å². The van der Waals surface area contributed by atoms with Gasteiger partial charge < -0.3 is 15.3 Å². The summed E-state index contributed by atoms with van der Waals surface area (Å²) < 4.78 is 0. The number of likely N-dealkylation sites (tertiary alicyclic amines) is 1. The molecule has 0 saturated carbocycles. The number of nitrogens with zero attached hydrogens (tertiary/aromatic N) is 1. The van der Waals surface area contributed by atoms with E-state index >= 15 is 0 Å². The van der Waals surface area contributed by atoms with Gasteiger partial charge in [0.1, 0.15) is 6.04 Å².